The van der Waals surface area contributed by atoms with Gasteiger partial charge in [-0.1, -0.05) is 18.2 Å². The molecule has 3 aromatic rings. The van der Waals surface area contributed by atoms with Crippen molar-refractivity contribution in [1.29, 1.82) is 0 Å². The number of primary amides is 1. The molecule has 18 heavy (non-hydrogen) atoms. The number of amides is 1. The molecule has 2 N–H and O–H groups in total. The standard InChI is InChI=1S/C13H10N4O/c14-12(18)10-5-2-1-4-9(10)11-8-16-17-7-3-6-15-13(11)17/h1-8H,(H2,14,18). The number of nitrogens with two attached hydrogens (primary N) is 1. The molecular formula is C13H10N4O. The highest BCUT2D eigenvalue weighted by Gasteiger charge is 2.13. The molecule has 0 saturated heterocycles. The van der Waals surface area contributed by atoms with Gasteiger partial charge in [0.25, 0.3) is 0 Å². The first kappa shape index (κ1) is 10.5. The van der Waals surface area contributed by atoms with Crippen LogP contribution in [0.15, 0.2) is 48.9 Å². The van der Waals surface area contributed by atoms with Crippen molar-refractivity contribution in [2.24, 2.45) is 5.73 Å². The zero-order chi connectivity index (χ0) is 12.5. The first-order chi connectivity index (χ1) is 8.77. The van der Waals surface area contributed by atoms with Crippen molar-refractivity contribution in [3.8, 4) is 11.1 Å². The molecule has 2 aromatic heterocycles. The predicted molar refractivity (Wildman–Crippen MR) is 66.9 cm³/mol. The first-order valence-electron chi connectivity index (χ1n) is 5.45. The summed E-state index contributed by atoms with van der Waals surface area (Å²) in [5.41, 5.74) is 8.09. The Bertz CT molecular complexity index is 732. The molecule has 3 rings (SSSR count). The van der Waals surface area contributed by atoms with Gasteiger partial charge in [-0.2, -0.15) is 5.10 Å². The van der Waals surface area contributed by atoms with E-state index in [4.69, 9.17) is 5.73 Å². The van der Waals surface area contributed by atoms with Crippen LogP contribution in [0.2, 0.25) is 0 Å². The van der Waals surface area contributed by atoms with Gasteiger partial charge in [-0.3, -0.25) is 4.79 Å². The topological polar surface area (TPSA) is 73.3 Å². The van der Waals surface area contributed by atoms with Crippen molar-refractivity contribution in [3.05, 3.63) is 54.5 Å². The molecule has 5 heteroatoms. The second kappa shape index (κ2) is 3.96. The van der Waals surface area contributed by atoms with Crippen LogP contribution in [0.25, 0.3) is 16.8 Å². The van der Waals surface area contributed by atoms with Gasteiger partial charge >= 0.3 is 0 Å². The van der Waals surface area contributed by atoms with Crippen LogP contribution < -0.4 is 5.73 Å². The number of fused-ring (bicyclic) bond motifs is 1. The second-order valence-electron chi connectivity index (χ2n) is 3.86. The van der Waals surface area contributed by atoms with Crippen LogP contribution in [0, 0.1) is 0 Å². The Labute approximate surface area is 103 Å². The largest absolute Gasteiger partial charge is 0.366 e. The highest BCUT2D eigenvalue weighted by molar-refractivity contribution is 6.01. The Morgan fingerprint density at radius 1 is 1.17 bits per heavy atom. The van der Waals surface area contributed by atoms with E-state index in [2.05, 4.69) is 10.1 Å². The summed E-state index contributed by atoms with van der Waals surface area (Å²) in [6, 6.07) is 8.97. The predicted octanol–water partition coefficient (Wildman–Crippen LogP) is 1.50. The summed E-state index contributed by atoms with van der Waals surface area (Å²) in [6.45, 7) is 0. The number of carbonyl (C=O) groups excluding carboxylic acids is 1. The van der Waals surface area contributed by atoms with Gasteiger partial charge in [0.15, 0.2) is 5.65 Å². The highest BCUT2D eigenvalue weighted by Crippen LogP contribution is 2.26. The third-order valence-corrected chi connectivity index (χ3v) is 2.76. The van der Waals surface area contributed by atoms with Crippen LogP contribution in [-0.2, 0) is 0 Å². The summed E-state index contributed by atoms with van der Waals surface area (Å²) in [5.74, 6) is -0.458. The summed E-state index contributed by atoms with van der Waals surface area (Å²) < 4.78 is 1.66. The Morgan fingerprint density at radius 2 is 2.00 bits per heavy atom. The third-order valence-electron chi connectivity index (χ3n) is 2.76. The zero-order valence-corrected chi connectivity index (χ0v) is 9.45. The van der Waals surface area contributed by atoms with Gasteiger partial charge in [-0.05, 0) is 17.7 Å². The van der Waals surface area contributed by atoms with Gasteiger partial charge in [-0.25, -0.2) is 9.50 Å². The molecule has 0 aliphatic heterocycles. The van der Waals surface area contributed by atoms with E-state index >= 15 is 0 Å². The smallest absolute Gasteiger partial charge is 0.249 e. The lowest BCUT2D eigenvalue weighted by Crippen LogP contribution is -2.12. The van der Waals surface area contributed by atoms with E-state index in [-0.39, 0.29) is 0 Å². The molecule has 0 bridgehead atoms. The minimum atomic E-state index is -0.458. The van der Waals surface area contributed by atoms with Crippen molar-refractivity contribution in [3.63, 3.8) is 0 Å². The number of hydrogen-bond acceptors (Lipinski definition) is 3. The van der Waals surface area contributed by atoms with Gasteiger partial charge in [0.05, 0.1) is 6.20 Å². The Kier molecular flexibility index (Phi) is 2.30. The average Bonchev–Trinajstić information content (AvgIpc) is 2.82. The third kappa shape index (κ3) is 1.53. The van der Waals surface area contributed by atoms with Crippen molar-refractivity contribution < 1.29 is 4.79 Å². The molecule has 0 spiro atoms. The first-order valence-corrected chi connectivity index (χ1v) is 5.45. The number of aromatic nitrogens is 3. The van der Waals surface area contributed by atoms with Crippen LogP contribution >= 0.6 is 0 Å². The summed E-state index contributed by atoms with van der Waals surface area (Å²) in [4.78, 5) is 15.7. The van der Waals surface area contributed by atoms with E-state index < -0.39 is 5.91 Å². The van der Waals surface area contributed by atoms with E-state index in [9.17, 15) is 4.79 Å². The lowest BCUT2D eigenvalue weighted by molar-refractivity contribution is 0.100. The molecule has 1 amide bonds. The fourth-order valence-electron chi connectivity index (χ4n) is 1.95. The molecule has 0 aliphatic carbocycles. The fraction of sp³-hybridized carbons (Fsp3) is 0. The molecular weight excluding hydrogens is 228 g/mol. The minimum absolute atomic E-state index is 0.458. The van der Waals surface area contributed by atoms with E-state index in [1.54, 1.807) is 41.3 Å². The number of rotatable bonds is 2. The van der Waals surface area contributed by atoms with Gasteiger partial charge in [0.2, 0.25) is 5.91 Å². The van der Waals surface area contributed by atoms with E-state index in [0.717, 1.165) is 11.1 Å². The van der Waals surface area contributed by atoms with Crippen LogP contribution in [0.3, 0.4) is 0 Å². The van der Waals surface area contributed by atoms with E-state index in [1.165, 1.54) is 0 Å². The van der Waals surface area contributed by atoms with Crippen LogP contribution in [0.1, 0.15) is 10.4 Å². The van der Waals surface area contributed by atoms with E-state index in [0.29, 0.717) is 11.2 Å². The molecule has 0 fully saturated rings. The number of hydrogen-bond donors (Lipinski definition) is 1. The number of nitrogens with zero attached hydrogens (tertiary/aromatic N) is 3. The molecule has 0 saturated carbocycles. The molecule has 5 nitrogen and oxygen atoms in total. The van der Waals surface area contributed by atoms with Gasteiger partial charge in [-0.15, -0.1) is 0 Å². The maximum Gasteiger partial charge on any atom is 0.249 e. The average molecular weight is 238 g/mol. The van der Waals surface area contributed by atoms with Crippen LogP contribution in [0.5, 0.6) is 0 Å². The molecule has 0 atom stereocenters. The molecule has 88 valence electrons. The summed E-state index contributed by atoms with van der Waals surface area (Å²) in [6.07, 6.45) is 5.18. The van der Waals surface area contributed by atoms with Crippen molar-refractivity contribution >= 4 is 11.6 Å². The SMILES string of the molecule is NC(=O)c1ccccc1-c1cnn2cccnc12. The Hall–Kier alpha value is -2.69. The maximum absolute atomic E-state index is 11.4. The molecule has 0 radical (unpaired) electrons. The molecule has 2 heterocycles. The highest BCUT2D eigenvalue weighted by atomic mass is 16.1. The monoisotopic (exact) mass is 238 g/mol. The zero-order valence-electron chi connectivity index (χ0n) is 9.45. The van der Waals surface area contributed by atoms with Crippen molar-refractivity contribution in [2.45, 2.75) is 0 Å². The van der Waals surface area contributed by atoms with Crippen molar-refractivity contribution in [1.82, 2.24) is 14.6 Å². The van der Waals surface area contributed by atoms with E-state index in [1.807, 2.05) is 12.1 Å². The normalized spacial score (nSPS) is 10.7. The molecule has 1 aromatic carbocycles. The number of carbonyl (C=O) groups is 1. The second-order valence-corrected chi connectivity index (χ2v) is 3.86. The summed E-state index contributed by atoms with van der Waals surface area (Å²) in [5, 5.41) is 4.20. The summed E-state index contributed by atoms with van der Waals surface area (Å²) in [7, 11) is 0. The van der Waals surface area contributed by atoms with Crippen LogP contribution in [0.4, 0.5) is 0 Å². The lowest BCUT2D eigenvalue weighted by atomic mass is 10.0. The van der Waals surface area contributed by atoms with Gasteiger partial charge in [0.1, 0.15) is 0 Å². The Morgan fingerprint density at radius 3 is 2.83 bits per heavy atom. The van der Waals surface area contributed by atoms with Gasteiger partial charge < -0.3 is 5.73 Å². The van der Waals surface area contributed by atoms with Gasteiger partial charge in [0, 0.05) is 23.5 Å². The fourth-order valence-corrected chi connectivity index (χ4v) is 1.95. The minimum Gasteiger partial charge on any atom is -0.366 e. The van der Waals surface area contributed by atoms with Crippen molar-refractivity contribution in [2.75, 3.05) is 0 Å². The Balaban J connectivity index is 2.30. The quantitative estimate of drug-likeness (QED) is 0.735. The number of benzene rings is 1. The summed E-state index contributed by atoms with van der Waals surface area (Å²) >= 11 is 0. The molecule has 0 unspecified atom stereocenters. The lowest BCUT2D eigenvalue weighted by Gasteiger charge is -2.04. The maximum atomic E-state index is 11.4. The molecule has 0 aliphatic rings. The van der Waals surface area contributed by atoms with Crippen LogP contribution in [-0.4, -0.2) is 20.5 Å².